The predicted molar refractivity (Wildman–Crippen MR) is 93.1 cm³/mol. The van der Waals surface area contributed by atoms with Gasteiger partial charge in [0, 0.05) is 25.4 Å². The topological polar surface area (TPSA) is 46.3 Å². The molecule has 3 nitrogen and oxygen atoms in total. The molecule has 0 aromatic heterocycles. The Kier molecular flexibility index (Phi) is 5.69. The van der Waals surface area contributed by atoms with E-state index in [0.717, 1.165) is 30.3 Å². The second kappa shape index (κ2) is 7.87. The lowest BCUT2D eigenvalue weighted by Gasteiger charge is -2.38. The van der Waals surface area contributed by atoms with Crippen LogP contribution in [0.2, 0.25) is 0 Å². The molecular formula is C20H19F5N2O. The van der Waals surface area contributed by atoms with E-state index in [4.69, 9.17) is 5.73 Å². The highest BCUT2D eigenvalue weighted by atomic mass is 19.4. The molecule has 1 fully saturated rings. The van der Waals surface area contributed by atoms with Crippen LogP contribution < -0.4 is 5.73 Å². The van der Waals surface area contributed by atoms with Gasteiger partial charge in [0.15, 0.2) is 0 Å². The third-order valence-corrected chi connectivity index (χ3v) is 5.09. The molecule has 0 aliphatic carbocycles. The number of halogens is 5. The minimum absolute atomic E-state index is 0.0388. The van der Waals surface area contributed by atoms with Crippen LogP contribution in [0.15, 0.2) is 42.5 Å². The molecule has 2 atom stereocenters. The van der Waals surface area contributed by atoms with Crippen LogP contribution in [0.25, 0.3) is 0 Å². The van der Waals surface area contributed by atoms with Gasteiger partial charge in [0.1, 0.15) is 11.6 Å². The standard InChI is InChI=1S/C20H19F5N2O/c21-15-5-6-18(22)17(7-15)16-8-19(28)27(11-13(16)9-26)10-12-1-3-14(4-2-12)20(23,24)25/h1-7,13,16H,8-11,26H2/t13-,16-/m0/s1. The summed E-state index contributed by atoms with van der Waals surface area (Å²) in [6, 6.07) is 7.71. The van der Waals surface area contributed by atoms with Crippen molar-refractivity contribution < 1.29 is 26.7 Å². The molecule has 0 bridgehead atoms. The maximum Gasteiger partial charge on any atom is 0.416 e. The summed E-state index contributed by atoms with van der Waals surface area (Å²) in [5, 5.41) is 0. The molecule has 2 aromatic carbocycles. The minimum atomic E-state index is -4.42. The number of likely N-dealkylation sites (tertiary alicyclic amines) is 1. The van der Waals surface area contributed by atoms with Gasteiger partial charge in [-0.25, -0.2) is 8.78 Å². The number of carbonyl (C=O) groups excluding carboxylic acids is 1. The highest BCUT2D eigenvalue weighted by molar-refractivity contribution is 5.78. The quantitative estimate of drug-likeness (QED) is 0.789. The summed E-state index contributed by atoms with van der Waals surface area (Å²) < 4.78 is 65.7. The second-order valence-corrected chi connectivity index (χ2v) is 6.94. The molecule has 2 aromatic rings. The van der Waals surface area contributed by atoms with Gasteiger partial charge >= 0.3 is 6.18 Å². The summed E-state index contributed by atoms with van der Waals surface area (Å²) in [6.07, 6.45) is -4.46. The van der Waals surface area contributed by atoms with E-state index in [9.17, 15) is 26.7 Å². The van der Waals surface area contributed by atoms with E-state index in [1.807, 2.05) is 0 Å². The third kappa shape index (κ3) is 4.32. The first-order valence-electron chi connectivity index (χ1n) is 8.78. The fourth-order valence-electron chi connectivity index (χ4n) is 3.57. The number of hydrogen-bond donors (Lipinski definition) is 1. The molecule has 1 aliphatic heterocycles. The number of amides is 1. The van der Waals surface area contributed by atoms with E-state index in [1.165, 1.54) is 17.0 Å². The predicted octanol–water partition coefficient (Wildman–Crippen LogP) is 4.07. The van der Waals surface area contributed by atoms with Crippen molar-refractivity contribution in [2.45, 2.75) is 25.1 Å². The Bertz CT molecular complexity index is 851. The van der Waals surface area contributed by atoms with Crippen molar-refractivity contribution >= 4 is 5.91 Å². The van der Waals surface area contributed by atoms with Crippen LogP contribution in [0, 0.1) is 17.6 Å². The summed E-state index contributed by atoms with van der Waals surface area (Å²) in [7, 11) is 0. The van der Waals surface area contributed by atoms with Crippen LogP contribution in [0.4, 0.5) is 22.0 Å². The molecule has 0 spiro atoms. The molecule has 1 saturated heterocycles. The first-order chi connectivity index (χ1) is 13.2. The van der Waals surface area contributed by atoms with Gasteiger partial charge in [0.2, 0.25) is 5.91 Å². The molecule has 28 heavy (non-hydrogen) atoms. The second-order valence-electron chi connectivity index (χ2n) is 6.94. The Hall–Kier alpha value is -2.48. The summed E-state index contributed by atoms with van der Waals surface area (Å²) in [5.41, 5.74) is 5.72. The van der Waals surface area contributed by atoms with E-state index in [2.05, 4.69) is 0 Å². The van der Waals surface area contributed by atoms with Gasteiger partial charge in [-0.2, -0.15) is 13.2 Å². The van der Waals surface area contributed by atoms with Gasteiger partial charge < -0.3 is 10.6 Å². The van der Waals surface area contributed by atoms with Gasteiger partial charge in [-0.1, -0.05) is 12.1 Å². The zero-order valence-electron chi connectivity index (χ0n) is 14.8. The number of rotatable bonds is 4. The molecule has 1 amide bonds. The van der Waals surface area contributed by atoms with E-state index in [1.54, 1.807) is 0 Å². The monoisotopic (exact) mass is 398 g/mol. The van der Waals surface area contributed by atoms with Crippen LogP contribution in [-0.2, 0) is 17.5 Å². The Labute approximate surface area is 158 Å². The zero-order valence-corrected chi connectivity index (χ0v) is 14.8. The van der Waals surface area contributed by atoms with Crippen molar-refractivity contribution in [2.75, 3.05) is 13.1 Å². The molecule has 2 N–H and O–H groups in total. The average molecular weight is 398 g/mol. The summed E-state index contributed by atoms with van der Waals surface area (Å²) in [4.78, 5) is 14.0. The molecule has 3 rings (SSSR count). The Balaban J connectivity index is 1.76. The molecule has 0 radical (unpaired) electrons. The molecule has 1 heterocycles. The number of piperidine rings is 1. The van der Waals surface area contributed by atoms with E-state index in [0.29, 0.717) is 5.56 Å². The van der Waals surface area contributed by atoms with Gasteiger partial charge in [-0.15, -0.1) is 0 Å². The van der Waals surface area contributed by atoms with Crippen LogP contribution in [-0.4, -0.2) is 23.9 Å². The molecule has 0 unspecified atom stereocenters. The number of nitrogens with two attached hydrogens (primary N) is 1. The van der Waals surface area contributed by atoms with Crippen molar-refractivity contribution in [3.8, 4) is 0 Å². The van der Waals surface area contributed by atoms with Crippen molar-refractivity contribution in [1.82, 2.24) is 4.90 Å². The normalized spacial score (nSPS) is 20.5. The number of hydrogen-bond acceptors (Lipinski definition) is 2. The lowest BCUT2D eigenvalue weighted by Crippen LogP contribution is -2.45. The number of benzene rings is 2. The summed E-state index contributed by atoms with van der Waals surface area (Å²) in [6.45, 7) is 0.514. The number of carbonyl (C=O) groups is 1. The first kappa shape index (κ1) is 20.3. The maximum atomic E-state index is 14.1. The van der Waals surface area contributed by atoms with Crippen LogP contribution in [0.1, 0.15) is 29.0 Å². The van der Waals surface area contributed by atoms with Crippen molar-refractivity contribution in [2.24, 2.45) is 11.7 Å². The SMILES string of the molecule is NC[C@H]1CN(Cc2ccc(C(F)(F)F)cc2)C(=O)C[C@@H]1c1cc(F)ccc1F. The molecule has 150 valence electrons. The van der Waals surface area contributed by atoms with E-state index < -0.39 is 29.3 Å². The minimum Gasteiger partial charge on any atom is -0.338 e. The molecule has 8 heteroatoms. The van der Waals surface area contributed by atoms with Gasteiger partial charge in [-0.3, -0.25) is 4.79 Å². The van der Waals surface area contributed by atoms with Crippen molar-refractivity contribution in [3.63, 3.8) is 0 Å². The van der Waals surface area contributed by atoms with Gasteiger partial charge in [0.25, 0.3) is 0 Å². The van der Waals surface area contributed by atoms with Gasteiger partial charge in [-0.05, 0) is 53.9 Å². The van der Waals surface area contributed by atoms with Crippen molar-refractivity contribution in [1.29, 1.82) is 0 Å². The Morgan fingerprint density at radius 3 is 2.36 bits per heavy atom. The molecule has 0 saturated carbocycles. The summed E-state index contributed by atoms with van der Waals surface area (Å²) >= 11 is 0. The Morgan fingerprint density at radius 1 is 1.07 bits per heavy atom. The fourth-order valence-corrected chi connectivity index (χ4v) is 3.57. The first-order valence-corrected chi connectivity index (χ1v) is 8.78. The smallest absolute Gasteiger partial charge is 0.338 e. The number of alkyl halides is 3. The molecule has 1 aliphatic rings. The van der Waals surface area contributed by atoms with Crippen LogP contribution in [0.5, 0.6) is 0 Å². The van der Waals surface area contributed by atoms with Gasteiger partial charge in [0.05, 0.1) is 5.56 Å². The van der Waals surface area contributed by atoms with Crippen LogP contribution >= 0.6 is 0 Å². The highest BCUT2D eigenvalue weighted by Gasteiger charge is 2.36. The maximum absolute atomic E-state index is 14.1. The van der Waals surface area contributed by atoms with E-state index >= 15 is 0 Å². The zero-order chi connectivity index (χ0) is 20.5. The molecular weight excluding hydrogens is 379 g/mol. The third-order valence-electron chi connectivity index (χ3n) is 5.09. The average Bonchev–Trinajstić information content (AvgIpc) is 2.65. The van der Waals surface area contributed by atoms with Crippen LogP contribution in [0.3, 0.4) is 0 Å². The summed E-state index contributed by atoms with van der Waals surface area (Å²) in [5.74, 6) is -2.29. The lowest BCUT2D eigenvalue weighted by atomic mass is 9.79. The largest absolute Gasteiger partial charge is 0.416 e. The Morgan fingerprint density at radius 2 is 1.75 bits per heavy atom. The lowest BCUT2D eigenvalue weighted by molar-refractivity contribution is -0.138. The fraction of sp³-hybridized carbons (Fsp3) is 0.350. The van der Waals surface area contributed by atoms with Crippen molar-refractivity contribution in [3.05, 3.63) is 70.8 Å². The van der Waals surface area contributed by atoms with E-state index in [-0.39, 0.29) is 43.4 Å². The number of nitrogens with zero attached hydrogens (tertiary/aromatic N) is 1. The highest BCUT2D eigenvalue weighted by Crippen LogP contribution is 2.36.